The van der Waals surface area contributed by atoms with Gasteiger partial charge in [-0.1, -0.05) is 36.4 Å². The number of allylic oxidation sites excluding steroid dienone is 1. The summed E-state index contributed by atoms with van der Waals surface area (Å²) in [7, 11) is 0. The third-order valence-corrected chi connectivity index (χ3v) is 4.94. The van der Waals surface area contributed by atoms with Gasteiger partial charge in [-0.25, -0.2) is 0 Å². The first-order valence-electron chi connectivity index (χ1n) is 9.01. The van der Waals surface area contributed by atoms with E-state index < -0.39 is 0 Å². The molecule has 24 heavy (non-hydrogen) atoms. The van der Waals surface area contributed by atoms with Gasteiger partial charge in [-0.2, -0.15) is 0 Å². The maximum absolute atomic E-state index is 12.2. The number of hydrogen-bond acceptors (Lipinski definition) is 2. The lowest BCUT2D eigenvalue weighted by Gasteiger charge is -2.17. The van der Waals surface area contributed by atoms with Crippen LogP contribution in [-0.2, 0) is 16.0 Å². The minimum atomic E-state index is 0.0601. The van der Waals surface area contributed by atoms with Crippen molar-refractivity contribution in [2.75, 3.05) is 19.6 Å². The van der Waals surface area contributed by atoms with Gasteiger partial charge in [0.2, 0.25) is 11.8 Å². The van der Waals surface area contributed by atoms with Gasteiger partial charge in [0.25, 0.3) is 0 Å². The van der Waals surface area contributed by atoms with Crippen molar-refractivity contribution in [1.82, 2.24) is 10.2 Å². The summed E-state index contributed by atoms with van der Waals surface area (Å²) in [5.41, 5.74) is 2.18. The van der Waals surface area contributed by atoms with Crippen LogP contribution in [0.15, 0.2) is 42.0 Å². The molecule has 3 rings (SSSR count). The highest BCUT2D eigenvalue weighted by molar-refractivity contribution is 5.93. The summed E-state index contributed by atoms with van der Waals surface area (Å²) in [5, 5.41) is 3.02. The lowest BCUT2D eigenvalue weighted by molar-refractivity contribution is -0.127. The molecular weight excluding hydrogens is 300 g/mol. The summed E-state index contributed by atoms with van der Waals surface area (Å²) in [5.74, 6) is 0.508. The van der Waals surface area contributed by atoms with E-state index in [2.05, 4.69) is 23.5 Å². The number of hydrogen-bond donors (Lipinski definition) is 1. The quantitative estimate of drug-likeness (QED) is 0.874. The summed E-state index contributed by atoms with van der Waals surface area (Å²) in [6, 6.07) is 10.2. The molecule has 1 atom stereocenters. The van der Waals surface area contributed by atoms with E-state index in [0.29, 0.717) is 13.0 Å². The fraction of sp³-hybridized carbons (Fsp3) is 0.500. The molecule has 2 amide bonds. The Hall–Kier alpha value is -2.10. The first-order valence-corrected chi connectivity index (χ1v) is 9.01. The highest BCUT2D eigenvalue weighted by atomic mass is 16.2. The lowest BCUT2D eigenvalue weighted by Crippen LogP contribution is -2.33. The molecule has 0 radical (unpaired) electrons. The van der Waals surface area contributed by atoms with Crippen LogP contribution >= 0.6 is 0 Å². The van der Waals surface area contributed by atoms with Crippen LogP contribution in [0.5, 0.6) is 0 Å². The minimum absolute atomic E-state index is 0.0601. The highest BCUT2D eigenvalue weighted by Crippen LogP contribution is 2.19. The Kier molecular flexibility index (Phi) is 5.68. The van der Waals surface area contributed by atoms with E-state index in [1.165, 1.54) is 12.0 Å². The Labute approximate surface area is 143 Å². The van der Waals surface area contributed by atoms with E-state index >= 15 is 0 Å². The van der Waals surface area contributed by atoms with Crippen LogP contribution in [0.3, 0.4) is 0 Å². The van der Waals surface area contributed by atoms with Gasteiger partial charge in [0.1, 0.15) is 0 Å². The minimum Gasteiger partial charge on any atom is -0.352 e. The third kappa shape index (κ3) is 4.47. The highest BCUT2D eigenvalue weighted by Gasteiger charge is 2.29. The Bertz CT molecular complexity index is 609. The second-order valence-corrected chi connectivity index (χ2v) is 6.83. The third-order valence-electron chi connectivity index (χ3n) is 4.94. The molecule has 1 aliphatic carbocycles. The summed E-state index contributed by atoms with van der Waals surface area (Å²) in [6.45, 7) is 2.12. The van der Waals surface area contributed by atoms with Gasteiger partial charge in [0, 0.05) is 37.5 Å². The van der Waals surface area contributed by atoms with Crippen LogP contribution < -0.4 is 5.32 Å². The molecule has 0 unspecified atom stereocenters. The van der Waals surface area contributed by atoms with Crippen molar-refractivity contribution in [3.05, 3.63) is 47.5 Å². The van der Waals surface area contributed by atoms with E-state index in [9.17, 15) is 9.59 Å². The van der Waals surface area contributed by atoms with Gasteiger partial charge in [-0.3, -0.25) is 9.59 Å². The fourth-order valence-corrected chi connectivity index (χ4v) is 3.51. The predicted octanol–water partition coefficient (Wildman–Crippen LogP) is 2.69. The van der Waals surface area contributed by atoms with Crippen LogP contribution in [0, 0.1) is 5.92 Å². The van der Waals surface area contributed by atoms with Gasteiger partial charge in [-0.15, -0.1) is 0 Å². The van der Waals surface area contributed by atoms with Gasteiger partial charge in [0.15, 0.2) is 0 Å². The zero-order chi connectivity index (χ0) is 16.8. The van der Waals surface area contributed by atoms with Crippen molar-refractivity contribution in [1.29, 1.82) is 0 Å². The number of nitrogens with one attached hydrogen (secondary N) is 1. The van der Waals surface area contributed by atoms with Crippen LogP contribution in [0.4, 0.5) is 0 Å². The summed E-state index contributed by atoms with van der Waals surface area (Å²) >= 11 is 0. The molecule has 2 aliphatic rings. The summed E-state index contributed by atoms with van der Waals surface area (Å²) in [6.07, 6.45) is 7.69. The smallest absolute Gasteiger partial charge is 0.246 e. The molecule has 4 heteroatoms. The zero-order valence-corrected chi connectivity index (χ0v) is 14.2. The van der Waals surface area contributed by atoms with Crippen LogP contribution in [0.25, 0.3) is 0 Å². The van der Waals surface area contributed by atoms with Crippen molar-refractivity contribution in [3.63, 3.8) is 0 Å². The van der Waals surface area contributed by atoms with Crippen molar-refractivity contribution in [2.45, 2.75) is 38.5 Å². The topological polar surface area (TPSA) is 49.4 Å². The summed E-state index contributed by atoms with van der Waals surface area (Å²) < 4.78 is 0. The fourth-order valence-electron chi connectivity index (χ4n) is 3.51. The summed E-state index contributed by atoms with van der Waals surface area (Å²) in [4.78, 5) is 26.2. The number of benzene rings is 1. The first-order chi connectivity index (χ1) is 11.7. The normalized spacial score (nSPS) is 20.8. The van der Waals surface area contributed by atoms with Gasteiger partial charge in [-0.05, 0) is 37.7 Å². The number of rotatable bonds is 6. The number of nitrogens with zero attached hydrogens (tertiary/aromatic N) is 1. The molecule has 0 saturated carbocycles. The van der Waals surface area contributed by atoms with E-state index in [4.69, 9.17) is 0 Å². The number of amides is 2. The maximum Gasteiger partial charge on any atom is 0.246 e. The molecule has 1 aliphatic heterocycles. The molecule has 1 aromatic carbocycles. The molecular formula is C20H26N2O2. The van der Waals surface area contributed by atoms with Crippen molar-refractivity contribution in [2.24, 2.45) is 5.92 Å². The van der Waals surface area contributed by atoms with E-state index in [0.717, 1.165) is 44.3 Å². The average molecular weight is 326 g/mol. The molecule has 1 saturated heterocycles. The SMILES string of the molecule is O=C(NC[C@@H]1CC(=O)N(CCc2ccccc2)C1)C1=CCCCC1. The molecule has 0 spiro atoms. The number of carbonyl (C=O) groups excluding carboxylic acids is 2. The molecule has 1 heterocycles. The molecule has 1 N–H and O–H groups in total. The lowest BCUT2D eigenvalue weighted by atomic mass is 9.99. The predicted molar refractivity (Wildman–Crippen MR) is 94.4 cm³/mol. The second kappa shape index (κ2) is 8.13. The Balaban J connectivity index is 1.43. The monoisotopic (exact) mass is 326 g/mol. The van der Waals surface area contributed by atoms with Crippen LogP contribution in [0.2, 0.25) is 0 Å². The molecule has 128 valence electrons. The standard InChI is InChI=1S/C20H26N2O2/c23-19-13-17(14-21-20(24)18-9-5-2-6-10-18)15-22(19)12-11-16-7-3-1-4-8-16/h1,3-4,7-9,17H,2,5-6,10-15H2,(H,21,24)/t17-/m0/s1. The molecule has 0 aromatic heterocycles. The molecule has 4 nitrogen and oxygen atoms in total. The number of likely N-dealkylation sites (tertiary alicyclic amines) is 1. The Morgan fingerprint density at radius 2 is 2.04 bits per heavy atom. The van der Waals surface area contributed by atoms with Gasteiger partial charge < -0.3 is 10.2 Å². The van der Waals surface area contributed by atoms with E-state index in [-0.39, 0.29) is 17.7 Å². The van der Waals surface area contributed by atoms with Crippen molar-refractivity contribution in [3.8, 4) is 0 Å². The second-order valence-electron chi connectivity index (χ2n) is 6.83. The number of carbonyl (C=O) groups is 2. The average Bonchev–Trinajstić information content (AvgIpc) is 2.99. The van der Waals surface area contributed by atoms with Crippen LogP contribution in [0.1, 0.15) is 37.7 Å². The molecule has 1 aromatic rings. The van der Waals surface area contributed by atoms with E-state index in [1.54, 1.807) is 0 Å². The molecule has 0 bridgehead atoms. The van der Waals surface area contributed by atoms with Crippen molar-refractivity contribution >= 4 is 11.8 Å². The zero-order valence-electron chi connectivity index (χ0n) is 14.2. The first kappa shape index (κ1) is 16.7. The largest absolute Gasteiger partial charge is 0.352 e. The Morgan fingerprint density at radius 3 is 2.79 bits per heavy atom. The van der Waals surface area contributed by atoms with Gasteiger partial charge >= 0.3 is 0 Å². The Morgan fingerprint density at radius 1 is 1.21 bits per heavy atom. The van der Waals surface area contributed by atoms with Crippen LogP contribution in [-0.4, -0.2) is 36.3 Å². The van der Waals surface area contributed by atoms with E-state index in [1.807, 2.05) is 23.1 Å². The van der Waals surface area contributed by atoms with Crippen molar-refractivity contribution < 1.29 is 9.59 Å². The molecule has 1 fully saturated rings. The maximum atomic E-state index is 12.2. The van der Waals surface area contributed by atoms with Gasteiger partial charge in [0.05, 0.1) is 0 Å².